The van der Waals surface area contributed by atoms with Crippen molar-refractivity contribution in [1.29, 1.82) is 0 Å². The quantitative estimate of drug-likeness (QED) is 0.635. The van der Waals surface area contributed by atoms with Crippen LogP contribution in [0.4, 0.5) is 0 Å². The second-order valence-electron chi connectivity index (χ2n) is 3.91. The third-order valence-electron chi connectivity index (χ3n) is 2.51. The van der Waals surface area contributed by atoms with E-state index in [1.807, 2.05) is 52.8 Å². The van der Waals surface area contributed by atoms with Gasteiger partial charge < -0.3 is 0 Å². The van der Waals surface area contributed by atoms with Crippen LogP contribution < -0.4 is 0 Å². The second kappa shape index (κ2) is 11.7. The van der Waals surface area contributed by atoms with E-state index in [2.05, 4.69) is 31.7 Å². The average molecular weight is 261 g/mol. The Kier molecular flexibility index (Phi) is 12.3. The molecule has 0 fully saturated rings. The molecule has 1 heterocycles. The molecule has 0 N–H and O–H groups in total. The molecular weight excluding hydrogens is 230 g/mol. The Morgan fingerprint density at radius 2 is 1.68 bits per heavy atom. The molecule has 0 bridgehead atoms. The molecule has 0 aromatic rings. The zero-order chi connectivity index (χ0) is 15.4. The van der Waals surface area contributed by atoms with Gasteiger partial charge in [-0.05, 0) is 36.3 Å². The van der Waals surface area contributed by atoms with Crippen molar-refractivity contribution in [3.63, 3.8) is 0 Å². The first-order chi connectivity index (χ1) is 9.10. The normalized spacial score (nSPS) is 15.4. The molecule has 0 aromatic carbocycles. The Labute approximate surface area is 120 Å². The van der Waals surface area contributed by atoms with E-state index in [9.17, 15) is 0 Å². The SMILES string of the molecule is C=CC1=C(C(=C)/C=C\C)C(=C)CN(C)C1.CC.CC. The Balaban J connectivity index is 0. The first-order valence-corrected chi connectivity index (χ1v) is 7.14. The lowest BCUT2D eigenvalue weighted by Gasteiger charge is -2.28. The van der Waals surface area contributed by atoms with E-state index in [4.69, 9.17) is 0 Å². The van der Waals surface area contributed by atoms with Gasteiger partial charge in [-0.2, -0.15) is 0 Å². The van der Waals surface area contributed by atoms with Gasteiger partial charge in [0, 0.05) is 13.1 Å². The number of allylic oxidation sites excluding steroid dienone is 3. The molecule has 0 saturated heterocycles. The summed E-state index contributed by atoms with van der Waals surface area (Å²) in [5, 5.41) is 0. The highest BCUT2D eigenvalue weighted by Gasteiger charge is 2.18. The lowest BCUT2D eigenvalue weighted by Crippen LogP contribution is -2.29. The zero-order valence-electron chi connectivity index (χ0n) is 13.7. The molecule has 1 aliphatic rings. The lowest BCUT2D eigenvalue weighted by molar-refractivity contribution is 0.387. The maximum Gasteiger partial charge on any atom is 0.0240 e. The van der Waals surface area contributed by atoms with Crippen LogP contribution in [-0.2, 0) is 0 Å². The van der Waals surface area contributed by atoms with E-state index in [0.29, 0.717) is 0 Å². The zero-order valence-corrected chi connectivity index (χ0v) is 13.7. The monoisotopic (exact) mass is 261 g/mol. The Morgan fingerprint density at radius 1 is 1.16 bits per heavy atom. The third-order valence-corrected chi connectivity index (χ3v) is 2.51. The van der Waals surface area contributed by atoms with Crippen LogP contribution in [0.15, 0.2) is 60.3 Å². The van der Waals surface area contributed by atoms with Crippen molar-refractivity contribution in [2.45, 2.75) is 34.6 Å². The summed E-state index contributed by atoms with van der Waals surface area (Å²) in [6.07, 6.45) is 5.93. The molecule has 108 valence electrons. The van der Waals surface area contributed by atoms with Crippen molar-refractivity contribution in [1.82, 2.24) is 4.90 Å². The lowest BCUT2D eigenvalue weighted by atomic mass is 9.90. The largest absolute Gasteiger partial charge is 0.298 e. The Hall–Kier alpha value is -1.34. The van der Waals surface area contributed by atoms with Gasteiger partial charge in [0.2, 0.25) is 0 Å². The van der Waals surface area contributed by atoms with Gasteiger partial charge in [-0.15, -0.1) is 0 Å². The van der Waals surface area contributed by atoms with Crippen LogP contribution in [0.2, 0.25) is 0 Å². The summed E-state index contributed by atoms with van der Waals surface area (Å²) < 4.78 is 0. The maximum absolute atomic E-state index is 4.11. The number of likely N-dealkylation sites (N-methyl/N-ethyl adjacent to an activating group) is 1. The van der Waals surface area contributed by atoms with Crippen LogP contribution in [0.1, 0.15) is 34.6 Å². The average Bonchev–Trinajstić information content (AvgIpc) is 2.42. The van der Waals surface area contributed by atoms with Crippen LogP contribution in [0.5, 0.6) is 0 Å². The molecule has 0 amide bonds. The van der Waals surface area contributed by atoms with Gasteiger partial charge in [-0.3, -0.25) is 4.90 Å². The first kappa shape index (κ1) is 20.0. The van der Waals surface area contributed by atoms with E-state index < -0.39 is 0 Å². The van der Waals surface area contributed by atoms with Crippen LogP contribution in [0.3, 0.4) is 0 Å². The van der Waals surface area contributed by atoms with E-state index in [1.165, 1.54) is 11.1 Å². The van der Waals surface area contributed by atoms with Crippen molar-refractivity contribution >= 4 is 0 Å². The summed E-state index contributed by atoms with van der Waals surface area (Å²) in [7, 11) is 2.09. The minimum absolute atomic E-state index is 0.906. The fraction of sp³-hybridized carbons (Fsp3) is 0.444. The fourth-order valence-corrected chi connectivity index (χ4v) is 1.94. The number of nitrogens with zero attached hydrogens (tertiary/aromatic N) is 1. The molecule has 1 rings (SSSR count). The summed E-state index contributed by atoms with van der Waals surface area (Å²) in [6, 6.07) is 0. The van der Waals surface area contributed by atoms with E-state index in [1.54, 1.807) is 0 Å². The molecule has 0 radical (unpaired) electrons. The Bertz CT molecular complexity index is 356. The van der Waals surface area contributed by atoms with E-state index in [-0.39, 0.29) is 0 Å². The number of hydrogen-bond acceptors (Lipinski definition) is 1. The van der Waals surface area contributed by atoms with Crippen molar-refractivity contribution in [2.24, 2.45) is 0 Å². The molecule has 1 nitrogen and oxygen atoms in total. The minimum Gasteiger partial charge on any atom is -0.298 e. The van der Waals surface area contributed by atoms with Gasteiger partial charge in [0.05, 0.1) is 0 Å². The summed E-state index contributed by atoms with van der Waals surface area (Å²) in [5.41, 5.74) is 4.56. The molecule has 0 saturated carbocycles. The van der Waals surface area contributed by atoms with Crippen molar-refractivity contribution in [3.05, 3.63) is 60.3 Å². The van der Waals surface area contributed by atoms with Gasteiger partial charge in [0.15, 0.2) is 0 Å². The molecule has 1 aliphatic heterocycles. The number of hydrogen-bond donors (Lipinski definition) is 0. The standard InChI is InChI=1S/C14H19N.2C2H6/c1-6-8-11(3)14-12(4)9-15(5)10-13(14)7-2;2*1-2/h6-8H,2-4,9-10H2,1,5H3;2*1-2H3/b8-6-;;. The molecule has 19 heavy (non-hydrogen) atoms. The van der Waals surface area contributed by atoms with Crippen molar-refractivity contribution < 1.29 is 0 Å². The molecular formula is C18H31N. The molecule has 0 aliphatic carbocycles. The number of rotatable bonds is 3. The topological polar surface area (TPSA) is 3.24 Å². The van der Waals surface area contributed by atoms with Crippen LogP contribution in [0, 0.1) is 0 Å². The smallest absolute Gasteiger partial charge is 0.0240 e. The van der Waals surface area contributed by atoms with E-state index in [0.717, 1.165) is 24.2 Å². The van der Waals surface area contributed by atoms with E-state index >= 15 is 0 Å². The predicted molar refractivity (Wildman–Crippen MR) is 90.5 cm³/mol. The minimum atomic E-state index is 0.906. The molecule has 0 aromatic heterocycles. The van der Waals surface area contributed by atoms with Crippen molar-refractivity contribution in [3.8, 4) is 0 Å². The van der Waals surface area contributed by atoms with Gasteiger partial charge in [0.1, 0.15) is 0 Å². The highest BCUT2D eigenvalue weighted by molar-refractivity contribution is 5.56. The van der Waals surface area contributed by atoms with Crippen LogP contribution in [-0.4, -0.2) is 25.0 Å². The summed E-state index contributed by atoms with van der Waals surface area (Å²) in [5.74, 6) is 0. The first-order valence-electron chi connectivity index (χ1n) is 7.14. The summed E-state index contributed by atoms with van der Waals surface area (Å²) in [4.78, 5) is 2.23. The fourth-order valence-electron chi connectivity index (χ4n) is 1.94. The maximum atomic E-state index is 4.11. The summed E-state index contributed by atoms with van der Waals surface area (Å²) >= 11 is 0. The third kappa shape index (κ3) is 6.40. The van der Waals surface area contributed by atoms with Gasteiger partial charge in [-0.25, -0.2) is 0 Å². The molecule has 0 spiro atoms. The van der Waals surface area contributed by atoms with Crippen LogP contribution >= 0.6 is 0 Å². The van der Waals surface area contributed by atoms with Crippen LogP contribution in [0.25, 0.3) is 0 Å². The highest BCUT2D eigenvalue weighted by atomic mass is 15.1. The Morgan fingerprint density at radius 3 is 2.11 bits per heavy atom. The van der Waals surface area contributed by atoms with Gasteiger partial charge >= 0.3 is 0 Å². The molecule has 1 heteroatoms. The van der Waals surface area contributed by atoms with Gasteiger partial charge in [0.25, 0.3) is 0 Å². The second-order valence-corrected chi connectivity index (χ2v) is 3.91. The summed E-state index contributed by atoms with van der Waals surface area (Å²) in [6.45, 7) is 23.9. The van der Waals surface area contributed by atoms with Gasteiger partial charge in [-0.1, -0.05) is 65.7 Å². The molecule has 0 atom stereocenters. The molecule has 0 unspecified atom stereocenters. The van der Waals surface area contributed by atoms with Crippen molar-refractivity contribution in [2.75, 3.05) is 20.1 Å². The highest BCUT2D eigenvalue weighted by Crippen LogP contribution is 2.27. The predicted octanol–water partition coefficient (Wildman–Crippen LogP) is 5.16.